The minimum Gasteiger partial charge on any atom is -0.313 e. The molecule has 38 heavy (non-hydrogen) atoms. The highest BCUT2D eigenvalue weighted by atomic mass is 19.4. The molecule has 5 aromatic rings. The molecule has 0 aliphatic heterocycles. The molecule has 9 nitrogen and oxygen atoms in total. The van der Waals surface area contributed by atoms with E-state index in [-0.39, 0.29) is 38.7 Å². The predicted molar refractivity (Wildman–Crippen MR) is 121 cm³/mol. The Hall–Kier alpha value is -4.43. The maximum atomic E-state index is 13.5. The van der Waals surface area contributed by atoms with Crippen molar-refractivity contribution in [2.45, 2.75) is 37.2 Å². The Morgan fingerprint density at radius 3 is 2.55 bits per heavy atom. The third kappa shape index (κ3) is 4.13. The molecule has 2 N–H and O–H groups in total. The Balaban J connectivity index is 1.42. The topological polar surface area (TPSA) is 114 Å². The smallest absolute Gasteiger partial charge is 0.313 e. The molecule has 4 heterocycles. The van der Waals surface area contributed by atoms with Crippen molar-refractivity contribution in [3.05, 3.63) is 80.6 Å². The van der Waals surface area contributed by atoms with E-state index >= 15 is 0 Å². The van der Waals surface area contributed by atoms with Gasteiger partial charge < -0.3 is 9.55 Å². The molecule has 2 atom stereocenters. The second kappa shape index (κ2) is 8.03. The van der Waals surface area contributed by atoms with Crippen molar-refractivity contribution in [1.82, 2.24) is 34.1 Å². The second-order valence-corrected chi connectivity index (χ2v) is 9.00. The summed E-state index contributed by atoms with van der Waals surface area (Å²) < 4.78 is 81.4. The Labute approximate surface area is 206 Å². The van der Waals surface area contributed by atoms with Crippen molar-refractivity contribution >= 4 is 16.7 Å². The van der Waals surface area contributed by atoms with Crippen molar-refractivity contribution in [2.24, 2.45) is 0 Å². The summed E-state index contributed by atoms with van der Waals surface area (Å²) >= 11 is 0. The number of alkyl halides is 6. The number of halogens is 6. The average Bonchev–Trinajstić information content (AvgIpc) is 3.32. The first kappa shape index (κ1) is 23.9. The van der Waals surface area contributed by atoms with Crippen molar-refractivity contribution in [1.29, 1.82) is 0 Å². The fourth-order valence-electron chi connectivity index (χ4n) is 4.78. The summed E-state index contributed by atoms with van der Waals surface area (Å²) in [6.45, 7) is -1.83. The molecule has 0 radical (unpaired) electrons. The number of imidazole rings is 2. The third-order valence-electron chi connectivity index (χ3n) is 6.46. The van der Waals surface area contributed by atoms with Gasteiger partial charge in [0, 0.05) is 24.2 Å². The van der Waals surface area contributed by atoms with Gasteiger partial charge in [-0.3, -0.25) is 9.78 Å². The zero-order valence-corrected chi connectivity index (χ0v) is 18.9. The highest BCUT2D eigenvalue weighted by Crippen LogP contribution is 2.56. The summed E-state index contributed by atoms with van der Waals surface area (Å²) in [6.07, 6.45) is -5.10. The van der Waals surface area contributed by atoms with Gasteiger partial charge in [-0.2, -0.15) is 31.4 Å². The van der Waals surface area contributed by atoms with Gasteiger partial charge in [0.1, 0.15) is 6.54 Å². The monoisotopic (exact) mass is 535 g/mol. The van der Waals surface area contributed by atoms with Crippen LogP contribution in [0.15, 0.2) is 52.4 Å². The fraction of sp³-hybridized carbons (Fsp3) is 0.261. The minimum atomic E-state index is -5.06. The van der Waals surface area contributed by atoms with Crippen LogP contribution < -0.4 is 11.2 Å². The van der Waals surface area contributed by atoms with Gasteiger partial charge in [0.15, 0.2) is 5.65 Å². The Kier molecular flexibility index (Phi) is 5.06. The Morgan fingerprint density at radius 2 is 1.84 bits per heavy atom. The molecule has 0 bridgehead atoms. The molecule has 196 valence electrons. The minimum absolute atomic E-state index is 0.107. The lowest BCUT2D eigenvalue weighted by atomic mass is 10.0. The van der Waals surface area contributed by atoms with Crippen LogP contribution in [0.5, 0.6) is 0 Å². The molecule has 0 unspecified atom stereocenters. The lowest BCUT2D eigenvalue weighted by Crippen LogP contribution is -2.23. The van der Waals surface area contributed by atoms with E-state index < -0.39 is 36.0 Å². The van der Waals surface area contributed by atoms with E-state index in [9.17, 15) is 35.9 Å². The first-order valence-corrected chi connectivity index (χ1v) is 11.2. The van der Waals surface area contributed by atoms with E-state index in [1.807, 2.05) is 0 Å². The first-order chi connectivity index (χ1) is 17.9. The molecule has 1 saturated carbocycles. The number of hydrogen-bond acceptors (Lipinski definition) is 5. The summed E-state index contributed by atoms with van der Waals surface area (Å²) in [6, 6.07) is 5.79. The predicted octanol–water partition coefficient (Wildman–Crippen LogP) is 3.97. The molecule has 0 spiro atoms. The van der Waals surface area contributed by atoms with E-state index in [4.69, 9.17) is 0 Å². The molecular weight excluding hydrogens is 520 g/mol. The van der Waals surface area contributed by atoms with Gasteiger partial charge in [-0.15, -0.1) is 0 Å². The van der Waals surface area contributed by atoms with E-state index in [0.717, 1.165) is 0 Å². The summed E-state index contributed by atoms with van der Waals surface area (Å²) in [7, 11) is 0. The lowest BCUT2D eigenvalue weighted by molar-refractivity contribution is -0.160. The van der Waals surface area contributed by atoms with Crippen LogP contribution in [-0.4, -0.2) is 40.3 Å². The number of aromatic nitrogens is 7. The number of rotatable bonds is 4. The van der Waals surface area contributed by atoms with Crippen molar-refractivity contribution in [3.8, 4) is 11.3 Å². The molecule has 1 aromatic carbocycles. The Morgan fingerprint density at radius 1 is 1.05 bits per heavy atom. The molecule has 0 amide bonds. The Bertz CT molecular complexity index is 1830. The van der Waals surface area contributed by atoms with Crippen LogP contribution in [0.4, 0.5) is 26.3 Å². The number of nitrogens with one attached hydrogen (secondary N) is 2. The second-order valence-electron chi connectivity index (χ2n) is 9.00. The molecule has 1 fully saturated rings. The maximum absolute atomic E-state index is 13.5. The summed E-state index contributed by atoms with van der Waals surface area (Å²) in [5.41, 5.74) is 0.296. The summed E-state index contributed by atoms with van der Waals surface area (Å²) in [4.78, 5) is 36.0. The third-order valence-corrected chi connectivity index (χ3v) is 6.46. The van der Waals surface area contributed by atoms with Gasteiger partial charge >= 0.3 is 18.0 Å². The van der Waals surface area contributed by atoms with Gasteiger partial charge in [-0.25, -0.2) is 19.3 Å². The van der Waals surface area contributed by atoms with Crippen LogP contribution in [0.2, 0.25) is 0 Å². The van der Waals surface area contributed by atoms with Crippen molar-refractivity contribution < 1.29 is 26.3 Å². The van der Waals surface area contributed by atoms with Gasteiger partial charge in [0.2, 0.25) is 5.82 Å². The standard InChI is InChI=1S/C23H15F6N7O2/c24-22(25,26)9-35-17-5-10(1-2-15(17)32-20(35)23(27,28)29)11-6-12(11)13-7-16(34-36-4-3-30-18(13)36)14-8-31-21(38)33-19(14)37/h1-5,7-8,11-12H,6,9H2,(H2,31,33,37,38)/t11-,12+/m1/s1. The zero-order chi connectivity index (χ0) is 27.0. The number of aromatic amines is 2. The van der Waals surface area contributed by atoms with Crippen LogP contribution >= 0.6 is 0 Å². The normalized spacial score (nSPS) is 17.9. The van der Waals surface area contributed by atoms with Crippen LogP contribution in [0.1, 0.15) is 35.2 Å². The highest BCUT2D eigenvalue weighted by Gasteiger charge is 2.43. The summed E-state index contributed by atoms with van der Waals surface area (Å²) in [5, 5.41) is 4.36. The van der Waals surface area contributed by atoms with Crippen LogP contribution in [0.25, 0.3) is 27.9 Å². The lowest BCUT2D eigenvalue weighted by Gasteiger charge is -2.13. The van der Waals surface area contributed by atoms with E-state index in [1.165, 1.54) is 29.0 Å². The van der Waals surface area contributed by atoms with Crippen LogP contribution in [-0.2, 0) is 12.7 Å². The van der Waals surface area contributed by atoms with Gasteiger partial charge in [-0.05, 0) is 42.0 Å². The molecule has 1 aliphatic rings. The summed E-state index contributed by atoms with van der Waals surface area (Å²) in [5.74, 6) is -2.03. The number of fused-ring (bicyclic) bond motifs is 2. The highest BCUT2D eigenvalue weighted by molar-refractivity contribution is 5.78. The average molecular weight is 535 g/mol. The van der Waals surface area contributed by atoms with Gasteiger partial charge in [-0.1, -0.05) is 6.07 Å². The molecular formula is C23H15F6N7O2. The SMILES string of the molecule is O=c1[nH]cc(-c2cc([C@H]3C[C@@H]3c3ccc4nc(C(F)(F)F)n(CC(F)(F)F)c4c3)c3nccn3n2)c(=O)[nH]1. The number of nitrogens with zero attached hydrogens (tertiary/aromatic N) is 5. The first-order valence-electron chi connectivity index (χ1n) is 11.2. The zero-order valence-electron chi connectivity index (χ0n) is 18.9. The van der Waals surface area contributed by atoms with E-state index in [1.54, 1.807) is 18.3 Å². The maximum Gasteiger partial charge on any atom is 0.449 e. The van der Waals surface area contributed by atoms with Crippen LogP contribution in [0, 0.1) is 0 Å². The largest absolute Gasteiger partial charge is 0.449 e. The van der Waals surface area contributed by atoms with Gasteiger partial charge in [0.05, 0.1) is 22.3 Å². The fourth-order valence-corrected chi connectivity index (χ4v) is 4.78. The van der Waals surface area contributed by atoms with Gasteiger partial charge in [0.25, 0.3) is 5.56 Å². The number of hydrogen-bond donors (Lipinski definition) is 2. The van der Waals surface area contributed by atoms with Crippen LogP contribution in [0.3, 0.4) is 0 Å². The van der Waals surface area contributed by atoms with E-state index in [0.29, 0.717) is 23.2 Å². The number of benzene rings is 1. The number of H-pyrrole nitrogens is 2. The van der Waals surface area contributed by atoms with Crippen molar-refractivity contribution in [2.75, 3.05) is 0 Å². The quantitative estimate of drug-likeness (QED) is 0.338. The molecule has 1 aliphatic carbocycles. The molecule has 6 rings (SSSR count). The molecule has 4 aromatic heterocycles. The van der Waals surface area contributed by atoms with E-state index in [2.05, 4.69) is 25.0 Å². The molecule has 15 heteroatoms. The molecule has 0 saturated heterocycles. The van der Waals surface area contributed by atoms with Crippen molar-refractivity contribution in [3.63, 3.8) is 0 Å².